The first-order chi connectivity index (χ1) is 11.0. The largest absolute Gasteiger partial charge is 0.507 e. The number of phenolic OH excluding ortho intramolecular Hbond substituents is 1. The van der Waals surface area contributed by atoms with E-state index in [2.05, 4.69) is 6.58 Å². The Morgan fingerprint density at radius 3 is 2.52 bits per heavy atom. The number of hydrogen-bond acceptors (Lipinski definition) is 5. The first-order valence-corrected chi connectivity index (χ1v) is 6.90. The van der Waals surface area contributed by atoms with Crippen LogP contribution in [0, 0.1) is 6.92 Å². The number of ether oxygens (including phenoxy) is 2. The number of carbonyl (C=O) groups excluding carboxylic acids is 2. The van der Waals surface area contributed by atoms with Crippen LogP contribution < -0.4 is 4.74 Å². The molecule has 0 radical (unpaired) electrons. The van der Waals surface area contributed by atoms with E-state index in [-0.39, 0.29) is 17.9 Å². The number of benzene rings is 2. The van der Waals surface area contributed by atoms with Crippen LogP contribution in [0.15, 0.2) is 55.1 Å². The van der Waals surface area contributed by atoms with Crippen molar-refractivity contribution in [1.29, 1.82) is 0 Å². The summed E-state index contributed by atoms with van der Waals surface area (Å²) in [6.45, 7) is 4.88. The second-order valence-corrected chi connectivity index (χ2v) is 4.77. The maximum Gasteiger partial charge on any atom is 0.347 e. The number of rotatable bonds is 5. The summed E-state index contributed by atoms with van der Waals surface area (Å²) in [5, 5.41) is 10.3. The van der Waals surface area contributed by atoms with Gasteiger partial charge in [-0.2, -0.15) is 0 Å². The van der Waals surface area contributed by atoms with Crippen molar-refractivity contribution >= 4 is 11.9 Å². The first-order valence-electron chi connectivity index (χ1n) is 6.90. The molecule has 2 aromatic rings. The fourth-order valence-corrected chi connectivity index (χ4v) is 1.94. The van der Waals surface area contributed by atoms with Crippen molar-refractivity contribution in [1.82, 2.24) is 0 Å². The van der Waals surface area contributed by atoms with Crippen LogP contribution in [0.1, 0.15) is 21.5 Å². The van der Waals surface area contributed by atoms with E-state index in [4.69, 9.17) is 9.47 Å². The molecule has 0 aliphatic heterocycles. The summed E-state index contributed by atoms with van der Waals surface area (Å²) in [5.74, 6) is -1.19. The molecule has 1 N–H and O–H groups in total. The average Bonchev–Trinajstić information content (AvgIpc) is 2.55. The van der Waals surface area contributed by atoms with Gasteiger partial charge in [0.15, 0.2) is 0 Å². The molecule has 0 aliphatic carbocycles. The molecule has 5 heteroatoms. The van der Waals surface area contributed by atoms with E-state index in [1.54, 1.807) is 43.3 Å². The highest BCUT2D eigenvalue weighted by Gasteiger charge is 2.19. The van der Waals surface area contributed by atoms with Crippen molar-refractivity contribution in [3.05, 3.63) is 71.8 Å². The van der Waals surface area contributed by atoms with E-state index < -0.39 is 11.9 Å². The molecule has 0 aromatic heterocycles. The molecule has 0 spiro atoms. The van der Waals surface area contributed by atoms with Crippen LogP contribution in [0.2, 0.25) is 0 Å². The number of carbonyl (C=O) groups is 2. The van der Waals surface area contributed by atoms with Gasteiger partial charge in [0.25, 0.3) is 0 Å². The van der Waals surface area contributed by atoms with Crippen LogP contribution in [0.4, 0.5) is 0 Å². The summed E-state index contributed by atoms with van der Waals surface area (Å²) >= 11 is 0. The van der Waals surface area contributed by atoms with E-state index in [9.17, 15) is 14.7 Å². The van der Waals surface area contributed by atoms with Crippen LogP contribution in [0.25, 0.3) is 0 Å². The van der Waals surface area contributed by atoms with Crippen molar-refractivity contribution in [2.45, 2.75) is 13.5 Å². The Labute approximate surface area is 133 Å². The molecular formula is C18H16O5. The quantitative estimate of drug-likeness (QED) is 0.521. The van der Waals surface area contributed by atoms with Gasteiger partial charge in [0.2, 0.25) is 0 Å². The summed E-state index contributed by atoms with van der Waals surface area (Å²) in [6.07, 6.45) is 1.03. The number of aryl methyl sites for hydroxylation is 1. The summed E-state index contributed by atoms with van der Waals surface area (Å²) in [7, 11) is 0. The lowest BCUT2D eigenvalue weighted by molar-refractivity contribution is -0.139. The lowest BCUT2D eigenvalue weighted by Gasteiger charge is -2.12. The third-order valence-corrected chi connectivity index (χ3v) is 3.22. The van der Waals surface area contributed by atoms with Crippen molar-refractivity contribution in [2.24, 2.45) is 0 Å². The van der Waals surface area contributed by atoms with Gasteiger partial charge in [-0.15, -0.1) is 0 Å². The van der Waals surface area contributed by atoms with Gasteiger partial charge in [-0.05, 0) is 30.7 Å². The van der Waals surface area contributed by atoms with Crippen LogP contribution in [0.5, 0.6) is 11.5 Å². The highest BCUT2D eigenvalue weighted by Crippen LogP contribution is 2.28. The van der Waals surface area contributed by atoms with Gasteiger partial charge in [0, 0.05) is 11.6 Å². The topological polar surface area (TPSA) is 72.8 Å². The third kappa shape index (κ3) is 3.97. The molecule has 5 nitrogen and oxygen atoms in total. The molecule has 0 bridgehead atoms. The number of esters is 2. The number of phenols is 1. The normalized spacial score (nSPS) is 9.96. The molecule has 2 aromatic carbocycles. The molecule has 118 valence electrons. The molecule has 0 amide bonds. The van der Waals surface area contributed by atoms with E-state index in [1.165, 1.54) is 6.07 Å². The number of hydrogen-bond donors (Lipinski definition) is 1. The van der Waals surface area contributed by atoms with E-state index in [0.29, 0.717) is 16.9 Å². The van der Waals surface area contributed by atoms with Gasteiger partial charge in [0.1, 0.15) is 23.7 Å². The molecular weight excluding hydrogens is 296 g/mol. The predicted octanol–water partition coefficient (Wildman–Crippen LogP) is 3.15. The fraction of sp³-hybridized carbons (Fsp3) is 0.111. The van der Waals surface area contributed by atoms with Gasteiger partial charge >= 0.3 is 11.9 Å². The smallest absolute Gasteiger partial charge is 0.347 e. The Bertz CT molecular complexity index is 735. The zero-order valence-electron chi connectivity index (χ0n) is 12.6. The maximum absolute atomic E-state index is 12.2. The van der Waals surface area contributed by atoms with Crippen molar-refractivity contribution in [2.75, 3.05) is 0 Å². The average molecular weight is 312 g/mol. The minimum absolute atomic E-state index is 0.00380. The Kier molecular flexibility index (Phi) is 5.15. The standard InChI is InChI=1S/C18H16O5/c1-3-16(19)22-11-15-12(2)9-10-14(17(15)20)18(21)23-13-7-5-4-6-8-13/h3-10,20H,1,11H2,2H3. The lowest BCUT2D eigenvalue weighted by Crippen LogP contribution is -2.11. The number of aromatic hydroxyl groups is 1. The van der Waals surface area contributed by atoms with Gasteiger partial charge in [-0.25, -0.2) is 9.59 Å². The molecule has 0 saturated heterocycles. The van der Waals surface area contributed by atoms with Gasteiger partial charge in [0.05, 0.1) is 0 Å². The Morgan fingerprint density at radius 1 is 1.17 bits per heavy atom. The van der Waals surface area contributed by atoms with Gasteiger partial charge in [-0.3, -0.25) is 0 Å². The Hall–Kier alpha value is -3.08. The summed E-state index contributed by atoms with van der Waals surface area (Å²) in [4.78, 5) is 23.3. The van der Waals surface area contributed by atoms with Gasteiger partial charge < -0.3 is 14.6 Å². The van der Waals surface area contributed by atoms with Gasteiger partial charge in [-0.1, -0.05) is 30.8 Å². The molecule has 23 heavy (non-hydrogen) atoms. The summed E-state index contributed by atoms with van der Waals surface area (Å²) in [6, 6.07) is 11.7. The zero-order valence-corrected chi connectivity index (χ0v) is 12.6. The van der Waals surface area contributed by atoms with Crippen LogP contribution in [-0.4, -0.2) is 17.0 Å². The van der Waals surface area contributed by atoms with E-state index in [0.717, 1.165) is 6.08 Å². The van der Waals surface area contributed by atoms with Crippen molar-refractivity contribution < 1.29 is 24.2 Å². The van der Waals surface area contributed by atoms with Crippen LogP contribution >= 0.6 is 0 Å². The van der Waals surface area contributed by atoms with Crippen molar-refractivity contribution in [3.8, 4) is 11.5 Å². The lowest BCUT2D eigenvalue weighted by atomic mass is 10.0. The minimum atomic E-state index is -0.690. The molecule has 0 atom stereocenters. The molecule has 0 aliphatic rings. The Balaban J connectivity index is 2.24. The molecule has 0 unspecified atom stereocenters. The zero-order chi connectivity index (χ0) is 16.8. The molecule has 0 heterocycles. The number of para-hydroxylation sites is 1. The molecule has 2 rings (SSSR count). The fourth-order valence-electron chi connectivity index (χ4n) is 1.94. The first kappa shape index (κ1) is 16.3. The SMILES string of the molecule is C=CC(=O)OCc1c(C)ccc(C(=O)Oc2ccccc2)c1O. The molecule has 0 saturated carbocycles. The predicted molar refractivity (Wildman–Crippen MR) is 84.2 cm³/mol. The third-order valence-electron chi connectivity index (χ3n) is 3.22. The highest BCUT2D eigenvalue weighted by atomic mass is 16.5. The minimum Gasteiger partial charge on any atom is -0.507 e. The monoisotopic (exact) mass is 312 g/mol. The molecule has 0 fully saturated rings. The maximum atomic E-state index is 12.2. The van der Waals surface area contributed by atoms with Crippen LogP contribution in [-0.2, 0) is 16.1 Å². The highest BCUT2D eigenvalue weighted by molar-refractivity contribution is 5.94. The van der Waals surface area contributed by atoms with E-state index in [1.807, 2.05) is 0 Å². The summed E-state index contributed by atoms with van der Waals surface area (Å²) in [5.41, 5.74) is 1.04. The second-order valence-electron chi connectivity index (χ2n) is 4.77. The van der Waals surface area contributed by atoms with Crippen LogP contribution in [0.3, 0.4) is 0 Å². The summed E-state index contributed by atoms with van der Waals surface area (Å²) < 4.78 is 10.1. The second kappa shape index (κ2) is 7.26. The Morgan fingerprint density at radius 2 is 1.87 bits per heavy atom. The van der Waals surface area contributed by atoms with E-state index >= 15 is 0 Å². The van der Waals surface area contributed by atoms with Crippen molar-refractivity contribution in [3.63, 3.8) is 0 Å².